The molecule has 1 aromatic carbocycles. The van der Waals surface area contributed by atoms with Gasteiger partial charge in [-0.3, -0.25) is 4.90 Å². The molecule has 3 heterocycles. The second-order valence-corrected chi connectivity index (χ2v) is 7.31. The van der Waals surface area contributed by atoms with Crippen LogP contribution in [0.25, 0.3) is 0 Å². The summed E-state index contributed by atoms with van der Waals surface area (Å²) >= 11 is 1.84. The van der Waals surface area contributed by atoms with E-state index in [1.165, 1.54) is 35.7 Å². The second kappa shape index (κ2) is 4.12. The van der Waals surface area contributed by atoms with Crippen molar-refractivity contribution in [3.05, 3.63) is 45.4 Å². The Balaban J connectivity index is 1.42. The molecular weight excluding hydrogens is 266 g/mol. The van der Waals surface area contributed by atoms with Crippen molar-refractivity contribution in [1.29, 1.82) is 0 Å². The van der Waals surface area contributed by atoms with E-state index in [2.05, 4.69) is 39.4 Å². The summed E-state index contributed by atoms with van der Waals surface area (Å²) in [5.41, 5.74) is 3.10. The molecule has 2 fully saturated rings. The highest BCUT2D eigenvalue weighted by Gasteiger charge is 2.43. The molecule has 1 saturated heterocycles. The van der Waals surface area contributed by atoms with E-state index in [1.807, 2.05) is 11.3 Å². The zero-order valence-electron chi connectivity index (χ0n) is 11.3. The lowest BCUT2D eigenvalue weighted by molar-refractivity contribution is 0.213. The summed E-state index contributed by atoms with van der Waals surface area (Å²) in [5.74, 6) is 0.730. The van der Waals surface area contributed by atoms with Crippen LogP contribution in [-0.4, -0.2) is 15.1 Å². The van der Waals surface area contributed by atoms with Gasteiger partial charge in [0.15, 0.2) is 0 Å². The molecule has 2 atom stereocenters. The smallest absolute Gasteiger partial charge is 0.131 e. The largest absolute Gasteiger partial charge is 0.283 e. The summed E-state index contributed by atoms with van der Waals surface area (Å²) in [6.07, 6.45) is 5.23. The van der Waals surface area contributed by atoms with Gasteiger partial charge >= 0.3 is 0 Å². The molecule has 0 spiro atoms. The summed E-state index contributed by atoms with van der Waals surface area (Å²) in [5, 5.41) is 11.3. The van der Waals surface area contributed by atoms with Gasteiger partial charge in [0.05, 0.1) is 6.54 Å². The van der Waals surface area contributed by atoms with Crippen molar-refractivity contribution in [2.75, 3.05) is 0 Å². The third-order valence-electron chi connectivity index (χ3n) is 4.96. The van der Waals surface area contributed by atoms with Crippen LogP contribution in [-0.2, 0) is 6.54 Å². The van der Waals surface area contributed by atoms with Gasteiger partial charge in [0.2, 0.25) is 0 Å². The molecule has 3 nitrogen and oxygen atoms in total. The molecule has 0 radical (unpaired) electrons. The maximum absolute atomic E-state index is 4.43. The Morgan fingerprint density at radius 2 is 1.70 bits per heavy atom. The standard InChI is InChI=1S/C16H17N3S/c1-2-4-12-11(3-1)13-7-8-14(12)19(13)9-15-17-18-16(20-15)10-5-6-10/h1-4,10,13-14H,5-9H2. The fourth-order valence-electron chi connectivity index (χ4n) is 3.85. The van der Waals surface area contributed by atoms with Crippen LogP contribution in [0.2, 0.25) is 0 Å². The molecule has 2 bridgehead atoms. The van der Waals surface area contributed by atoms with Crippen molar-refractivity contribution < 1.29 is 0 Å². The number of hydrogen-bond acceptors (Lipinski definition) is 4. The Bertz CT molecular complexity index is 630. The zero-order valence-corrected chi connectivity index (χ0v) is 12.1. The van der Waals surface area contributed by atoms with Crippen LogP contribution < -0.4 is 0 Å². The van der Waals surface area contributed by atoms with E-state index in [9.17, 15) is 0 Å². The first-order valence-electron chi connectivity index (χ1n) is 7.57. The van der Waals surface area contributed by atoms with Gasteiger partial charge in [-0.05, 0) is 36.8 Å². The molecule has 1 saturated carbocycles. The lowest BCUT2D eigenvalue weighted by Crippen LogP contribution is -2.18. The topological polar surface area (TPSA) is 29.0 Å². The van der Waals surface area contributed by atoms with Crippen LogP contribution in [0.1, 0.15) is 64.8 Å². The molecule has 20 heavy (non-hydrogen) atoms. The molecule has 0 N–H and O–H groups in total. The first kappa shape index (κ1) is 11.4. The molecule has 1 aromatic heterocycles. The van der Waals surface area contributed by atoms with Crippen molar-refractivity contribution in [2.45, 2.75) is 50.2 Å². The van der Waals surface area contributed by atoms with E-state index in [0.29, 0.717) is 12.1 Å². The predicted molar refractivity (Wildman–Crippen MR) is 78.6 cm³/mol. The van der Waals surface area contributed by atoms with Gasteiger partial charge in [-0.1, -0.05) is 35.6 Å². The van der Waals surface area contributed by atoms with Crippen molar-refractivity contribution in [2.24, 2.45) is 0 Å². The van der Waals surface area contributed by atoms with Crippen molar-refractivity contribution >= 4 is 11.3 Å². The average molecular weight is 283 g/mol. The van der Waals surface area contributed by atoms with E-state index >= 15 is 0 Å². The van der Waals surface area contributed by atoms with Crippen LogP contribution in [0.15, 0.2) is 24.3 Å². The minimum absolute atomic E-state index is 0.615. The minimum atomic E-state index is 0.615. The van der Waals surface area contributed by atoms with Crippen LogP contribution >= 0.6 is 11.3 Å². The lowest BCUT2D eigenvalue weighted by Gasteiger charge is -2.20. The van der Waals surface area contributed by atoms with Crippen molar-refractivity contribution in [3.63, 3.8) is 0 Å². The molecule has 102 valence electrons. The second-order valence-electron chi connectivity index (χ2n) is 6.22. The van der Waals surface area contributed by atoms with Gasteiger partial charge in [-0.15, -0.1) is 10.2 Å². The summed E-state index contributed by atoms with van der Waals surface area (Å²) in [7, 11) is 0. The average Bonchev–Trinajstić information content (AvgIpc) is 3.01. The Morgan fingerprint density at radius 1 is 1.00 bits per heavy atom. The van der Waals surface area contributed by atoms with E-state index < -0.39 is 0 Å². The van der Waals surface area contributed by atoms with Gasteiger partial charge < -0.3 is 0 Å². The third kappa shape index (κ3) is 1.61. The molecule has 3 aliphatic rings. The summed E-state index contributed by atoms with van der Waals surface area (Å²) in [6.45, 7) is 0.981. The highest BCUT2D eigenvalue weighted by Crippen LogP contribution is 2.53. The first-order chi connectivity index (χ1) is 9.90. The molecule has 2 aromatic rings. The van der Waals surface area contributed by atoms with Gasteiger partial charge in [0.25, 0.3) is 0 Å². The maximum atomic E-state index is 4.43. The quantitative estimate of drug-likeness (QED) is 0.857. The Kier molecular flexibility index (Phi) is 2.35. The van der Waals surface area contributed by atoms with Crippen LogP contribution in [0, 0.1) is 0 Å². The molecule has 2 unspecified atom stereocenters. The first-order valence-corrected chi connectivity index (χ1v) is 8.38. The normalized spacial score (nSPS) is 28.0. The van der Waals surface area contributed by atoms with Gasteiger partial charge in [-0.25, -0.2) is 0 Å². The molecule has 1 aliphatic carbocycles. The lowest BCUT2D eigenvalue weighted by atomic mass is 9.92. The van der Waals surface area contributed by atoms with E-state index in [4.69, 9.17) is 0 Å². The summed E-state index contributed by atoms with van der Waals surface area (Å²) in [6, 6.07) is 10.2. The minimum Gasteiger partial charge on any atom is -0.283 e. The van der Waals surface area contributed by atoms with Crippen LogP contribution in [0.5, 0.6) is 0 Å². The molecule has 4 heteroatoms. The molecule has 5 rings (SSSR count). The number of nitrogens with zero attached hydrogens (tertiary/aromatic N) is 3. The number of benzene rings is 1. The van der Waals surface area contributed by atoms with E-state index in [-0.39, 0.29) is 0 Å². The Hall–Kier alpha value is -1.26. The van der Waals surface area contributed by atoms with E-state index in [1.54, 1.807) is 11.1 Å². The third-order valence-corrected chi connectivity index (χ3v) is 6.03. The number of rotatable bonds is 3. The number of fused-ring (bicyclic) bond motifs is 5. The number of hydrogen-bond donors (Lipinski definition) is 0. The highest BCUT2D eigenvalue weighted by molar-refractivity contribution is 7.11. The monoisotopic (exact) mass is 283 g/mol. The maximum Gasteiger partial charge on any atom is 0.131 e. The van der Waals surface area contributed by atoms with Crippen molar-refractivity contribution in [1.82, 2.24) is 15.1 Å². The molecule has 2 aliphatic heterocycles. The number of aromatic nitrogens is 2. The van der Waals surface area contributed by atoms with Gasteiger partial charge in [0, 0.05) is 18.0 Å². The summed E-state index contributed by atoms with van der Waals surface area (Å²) in [4.78, 5) is 2.64. The SMILES string of the molecule is c1ccc2c(c1)C1CCC2N1Cc1nnc(C2CC2)s1. The Labute approximate surface area is 122 Å². The fourth-order valence-corrected chi connectivity index (χ4v) is 4.87. The zero-order chi connectivity index (χ0) is 13.1. The fraction of sp³-hybridized carbons (Fsp3) is 0.500. The van der Waals surface area contributed by atoms with Gasteiger partial charge in [0.1, 0.15) is 10.0 Å². The predicted octanol–water partition coefficient (Wildman–Crippen LogP) is 3.81. The molecular formula is C16H17N3S. The van der Waals surface area contributed by atoms with Crippen LogP contribution in [0.4, 0.5) is 0 Å². The Morgan fingerprint density at radius 3 is 2.35 bits per heavy atom. The van der Waals surface area contributed by atoms with Gasteiger partial charge in [-0.2, -0.15) is 0 Å². The van der Waals surface area contributed by atoms with Crippen LogP contribution in [0.3, 0.4) is 0 Å². The summed E-state index contributed by atoms with van der Waals surface area (Å²) < 4.78 is 0. The van der Waals surface area contributed by atoms with Crippen molar-refractivity contribution in [3.8, 4) is 0 Å². The highest BCUT2D eigenvalue weighted by atomic mass is 32.1. The molecule has 0 amide bonds. The van der Waals surface area contributed by atoms with E-state index in [0.717, 1.165) is 12.5 Å².